The third-order valence-corrected chi connectivity index (χ3v) is 4.49. The smallest absolute Gasteiger partial charge is 0.164 e. The molecule has 0 amide bonds. The first-order valence-corrected chi connectivity index (χ1v) is 9.15. The maximum absolute atomic E-state index is 4.77. The molecule has 4 rings (SSSR count). The van der Waals surface area contributed by atoms with Gasteiger partial charge in [-0.25, -0.2) is 15.0 Å². The lowest BCUT2D eigenvalue weighted by Crippen LogP contribution is -2.01. The lowest BCUT2D eigenvalue weighted by atomic mass is 10.1. The first kappa shape index (κ1) is 17.7. The quantitative estimate of drug-likeness (QED) is 0.522. The molecule has 0 atom stereocenters. The SMILES string of the molecule is CNc1cccc(-c2nc(-c3ccccc3)nc(-c3cccc(NC)c3)n2)c1. The van der Waals surface area contributed by atoms with Crippen LogP contribution in [0.2, 0.25) is 0 Å². The maximum atomic E-state index is 4.77. The Morgan fingerprint density at radius 2 is 0.929 bits per heavy atom. The van der Waals surface area contributed by atoms with Crippen molar-refractivity contribution in [2.75, 3.05) is 24.7 Å². The van der Waals surface area contributed by atoms with Gasteiger partial charge in [-0.15, -0.1) is 0 Å². The maximum Gasteiger partial charge on any atom is 0.164 e. The van der Waals surface area contributed by atoms with Crippen molar-refractivity contribution >= 4 is 11.4 Å². The molecule has 28 heavy (non-hydrogen) atoms. The summed E-state index contributed by atoms with van der Waals surface area (Å²) in [6.45, 7) is 0. The number of nitrogens with zero attached hydrogens (tertiary/aromatic N) is 3. The Morgan fingerprint density at radius 3 is 1.39 bits per heavy atom. The molecule has 0 aliphatic heterocycles. The van der Waals surface area contributed by atoms with Crippen LogP contribution in [0.5, 0.6) is 0 Å². The number of hydrogen-bond donors (Lipinski definition) is 2. The van der Waals surface area contributed by atoms with Gasteiger partial charge in [0.05, 0.1) is 0 Å². The third-order valence-electron chi connectivity index (χ3n) is 4.49. The van der Waals surface area contributed by atoms with Crippen LogP contribution in [0.3, 0.4) is 0 Å². The van der Waals surface area contributed by atoms with Crippen LogP contribution in [-0.2, 0) is 0 Å². The molecule has 5 heteroatoms. The van der Waals surface area contributed by atoms with Gasteiger partial charge in [0, 0.05) is 42.2 Å². The molecule has 138 valence electrons. The van der Waals surface area contributed by atoms with Gasteiger partial charge in [-0.2, -0.15) is 0 Å². The summed E-state index contributed by atoms with van der Waals surface area (Å²) in [5, 5.41) is 6.33. The normalized spacial score (nSPS) is 10.5. The van der Waals surface area contributed by atoms with Gasteiger partial charge in [0.25, 0.3) is 0 Å². The van der Waals surface area contributed by atoms with E-state index in [-0.39, 0.29) is 0 Å². The monoisotopic (exact) mass is 367 g/mol. The Labute approximate surface area is 164 Å². The lowest BCUT2D eigenvalue weighted by Gasteiger charge is -2.10. The molecule has 0 aliphatic carbocycles. The standard InChI is InChI=1S/C23H21N5/c1-24-19-12-6-10-17(14-19)22-26-21(16-8-4-3-5-9-16)27-23(28-22)18-11-7-13-20(15-18)25-2/h3-15,24-25H,1-2H3. The van der Waals surface area contributed by atoms with Gasteiger partial charge in [0.1, 0.15) is 0 Å². The van der Waals surface area contributed by atoms with Gasteiger partial charge in [-0.1, -0.05) is 54.6 Å². The second-order valence-electron chi connectivity index (χ2n) is 6.33. The predicted molar refractivity (Wildman–Crippen MR) is 115 cm³/mol. The van der Waals surface area contributed by atoms with E-state index in [1.165, 1.54) is 0 Å². The summed E-state index contributed by atoms with van der Waals surface area (Å²) in [7, 11) is 3.80. The summed E-state index contributed by atoms with van der Waals surface area (Å²) in [6.07, 6.45) is 0. The number of benzene rings is 3. The Hall–Kier alpha value is -3.73. The van der Waals surface area contributed by atoms with E-state index in [2.05, 4.69) is 10.6 Å². The van der Waals surface area contributed by atoms with Crippen molar-refractivity contribution in [3.8, 4) is 34.2 Å². The zero-order valence-electron chi connectivity index (χ0n) is 15.8. The fourth-order valence-electron chi connectivity index (χ4n) is 2.98. The summed E-state index contributed by atoms with van der Waals surface area (Å²) in [4.78, 5) is 14.3. The Bertz CT molecular complexity index is 1030. The number of aromatic nitrogens is 3. The molecule has 1 heterocycles. The topological polar surface area (TPSA) is 62.7 Å². The van der Waals surface area contributed by atoms with Gasteiger partial charge >= 0.3 is 0 Å². The highest BCUT2D eigenvalue weighted by Gasteiger charge is 2.12. The zero-order valence-corrected chi connectivity index (χ0v) is 15.8. The molecule has 2 N–H and O–H groups in total. The lowest BCUT2D eigenvalue weighted by molar-refractivity contribution is 1.07. The molecule has 4 aromatic rings. The first-order chi connectivity index (χ1) is 13.8. The summed E-state index contributed by atoms with van der Waals surface area (Å²) in [5.41, 5.74) is 4.87. The van der Waals surface area contributed by atoms with Crippen molar-refractivity contribution in [2.45, 2.75) is 0 Å². The van der Waals surface area contributed by atoms with Crippen LogP contribution < -0.4 is 10.6 Å². The van der Waals surface area contributed by atoms with E-state index in [1.807, 2.05) is 93.0 Å². The highest BCUT2D eigenvalue weighted by atomic mass is 15.0. The van der Waals surface area contributed by atoms with Crippen LogP contribution >= 0.6 is 0 Å². The van der Waals surface area contributed by atoms with E-state index in [4.69, 9.17) is 15.0 Å². The average Bonchev–Trinajstić information content (AvgIpc) is 2.79. The molecule has 0 saturated carbocycles. The number of anilines is 2. The molecule has 3 aromatic carbocycles. The fraction of sp³-hybridized carbons (Fsp3) is 0.0870. The van der Waals surface area contributed by atoms with Crippen LogP contribution in [-0.4, -0.2) is 29.0 Å². The minimum absolute atomic E-state index is 0.649. The Kier molecular flexibility index (Phi) is 4.97. The minimum atomic E-state index is 0.649. The largest absolute Gasteiger partial charge is 0.388 e. The minimum Gasteiger partial charge on any atom is -0.388 e. The van der Waals surface area contributed by atoms with Crippen LogP contribution in [0.1, 0.15) is 0 Å². The van der Waals surface area contributed by atoms with E-state index in [0.29, 0.717) is 17.5 Å². The average molecular weight is 367 g/mol. The molecule has 0 saturated heterocycles. The van der Waals surface area contributed by atoms with E-state index < -0.39 is 0 Å². The summed E-state index contributed by atoms with van der Waals surface area (Å²) >= 11 is 0. The van der Waals surface area contributed by atoms with Crippen molar-refractivity contribution in [1.29, 1.82) is 0 Å². The highest BCUT2D eigenvalue weighted by molar-refractivity contribution is 5.70. The van der Waals surface area contributed by atoms with Crippen LogP contribution in [0.15, 0.2) is 78.9 Å². The number of hydrogen-bond acceptors (Lipinski definition) is 5. The van der Waals surface area contributed by atoms with E-state index in [9.17, 15) is 0 Å². The van der Waals surface area contributed by atoms with Gasteiger partial charge in [-0.05, 0) is 24.3 Å². The molecule has 0 bridgehead atoms. The predicted octanol–water partition coefficient (Wildman–Crippen LogP) is 4.96. The van der Waals surface area contributed by atoms with Crippen LogP contribution in [0.4, 0.5) is 11.4 Å². The van der Waals surface area contributed by atoms with E-state index in [0.717, 1.165) is 28.1 Å². The molecule has 0 spiro atoms. The van der Waals surface area contributed by atoms with Gasteiger partial charge in [0.2, 0.25) is 0 Å². The van der Waals surface area contributed by atoms with E-state index in [1.54, 1.807) is 0 Å². The van der Waals surface area contributed by atoms with Crippen molar-refractivity contribution in [3.63, 3.8) is 0 Å². The summed E-state index contributed by atoms with van der Waals surface area (Å²) < 4.78 is 0. The molecule has 0 unspecified atom stereocenters. The molecule has 0 radical (unpaired) electrons. The number of rotatable bonds is 5. The molecular formula is C23H21N5. The third kappa shape index (κ3) is 3.69. The fourth-order valence-corrected chi connectivity index (χ4v) is 2.98. The Balaban J connectivity index is 1.90. The summed E-state index contributed by atoms with van der Waals surface area (Å²) in [5.74, 6) is 1.96. The molecular weight excluding hydrogens is 346 g/mol. The van der Waals surface area contributed by atoms with Gasteiger partial charge in [-0.3, -0.25) is 0 Å². The van der Waals surface area contributed by atoms with Crippen LogP contribution in [0.25, 0.3) is 34.2 Å². The van der Waals surface area contributed by atoms with Gasteiger partial charge in [0.15, 0.2) is 17.5 Å². The highest BCUT2D eigenvalue weighted by Crippen LogP contribution is 2.26. The first-order valence-electron chi connectivity index (χ1n) is 9.15. The summed E-state index contributed by atoms with van der Waals surface area (Å²) in [6, 6.07) is 26.1. The second-order valence-corrected chi connectivity index (χ2v) is 6.33. The molecule has 0 aliphatic rings. The van der Waals surface area contributed by atoms with Crippen molar-refractivity contribution in [2.24, 2.45) is 0 Å². The number of nitrogens with one attached hydrogen (secondary N) is 2. The van der Waals surface area contributed by atoms with Gasteiger partial charge < -0.3 is 10.6 Å². The van der Waals surface area contributed by atoms with Crippen molar-refractivity contribution < 1.29 is 0 Å². The second kappa shape index (κ2) is 7.88. The van der Waals surface area contributed by atoms with Crippen molar-refractivity contribution in [3.05, 3.63) is 78.9 Å². The van der Waals surface area contributed by atoms with Crippen LogP contribution in [0, 0.1) is 0 Å². The Morgan fingerprint density at radius 1 is 0.500 bits per heavy atom. The zero-order chi connectivity index (χ0) is 19.3. The molecule has 1 aromatic heterocycles. The molecule has 0 fully saturated rings. The van der Waals surface area contributed by atoms with E-state index >= 15 is 0 Å². The molecule has 5 nitrogen and oxygen atoms in total. The van der Waals surface area contributed by atoms with Crippen molar-refractivity contribution in [1.82, 2.24) is 15.0 Å².